The molecule has 0 aliphatic heterocycles. The van der Waals surface area contributed by atoms with E-state index in [1.165, 1.54) is 79.7 Å². The van der Waals surface area contributed by atoms with Crippen LogP contribution in [0.25, 0.3) is 76.2 Å². The summed E-state index contributed by atoms with van der Waals surface area (Å²) in [7, 11) is 0. The van der Waals surface area contributed by atoms with E-state index in [0.29, 0.717) is 17.7 Å². The second-order valence-electron chi connectivity index (χ2n) is 15.6. The smallest absolute Gasteiger partial charge is 0.164 e. The van der Waals surface area contributed by atoms with Crippen LogP contribution in [0.2, 0.25) is 0 Å². The van der Waals surface area contributed by atoms with Gasteiger partial charge in [-0.2, -0.15) is 0 Å². The van der Waals surface area contributed by atoms with Gasteiger partial charge in [0.15, 0.2) is 17.5 Å². The van der Waals surface area contributed by atoms with Gasteiger partial charge in [0.2, 0.25) is 0 Å². The quantitative estimate of drug-likeness (QED) is 0.187. The first-order valence-electron chi connectivity index (χ1n) is 18.6. The summed E-state index contributed by atoms with van der Waals surface area (Å²) in [5, 5.41) is 5.23. The van der Waals surface area contributed by atoms with Gasteiger partial charge in [0.25, 0.3) is 0 Å². The maximum absolute atomic E-state index is 5.38. The van der Waals surface area contributed by atoms with Gasteiger partial charge in [-0.3, -0.25) is 0 Å². The Bertz CT molecular complexity index is 2700. The fraction of sp³-hybridized carbons (Fsp3) is 0.213. The second kappa shape index (κ2) is 10.4. The fourth-order valence-corrected chi connectivity index (χ4v) is 12.5. The molecule has 1 spiro atoms. The Morgan fingerprint density at radius 2 is 1.14 bits per heavy atom. The molecule has 244 valence electrons. The highest BCUT2D eigenvalue weighted by atomic mass is 32.1. The summed E-state index contributed by atoms with van der Waals surface area (Å²) in [6, 6.07) is 46.8. The molecule has 2 aromatic heterocycles. The predicted octanol–water partition coefficient (Wildman–Crippen LogP) is 12.1. The van der Waals surface area contributed by atoms with Crippen molar-refractivity contribution in [3.8, 4) is 45.3 Å². The standard InChI is InChI=1S/C47H35N3S/c1-2-9-29(10-3-1)44-48-45(32-17-18-36-35-13-6-7-16-41(35)51-42(36)26-32)50-46(49-44)37-14-8-15-39-43(37)38-24-30-11-4-5-12-31(30)25-40(38)47(39)33-20-27-19-28(22-33)23-34(47)21-27/h1-18,24-28,33-34H,19-23H2. The lowest BCUT2D eigenvalue weighted by atomic mass is 9.43. The molecule has 13 rings (SSSR count). The van der Waals surface area contributed by atoms with Crippen molar-refractivity contribution in [3.05, 3.63) is 139 Å². The van der Waals surface area contributed by atoms with E-state index >= 15 is 0 Å². The largest absolute Gasteiger partial charge is 0.208 e. The first-order chi connectivity index (χ1) is 25.2. The number of rotatable bonds is 3. The predicted molar refractivity (Wildman–Crippen MR) is 210 cm³/mol. The molecule has 0 atom stereocenters. The maximum atomic E-state index is 5.38. The number of benzene rings is 6. The van der Waals surface area contributed by atoms with Gasteiger partial charge < -0.3 is 0 Å². The number of aromatic nitrogens is 3. The molecule has 0 N–H and O–H groups in total. The molecule has 4 saturated carbocycles. The average molecular weight is 674 g/mol. The minimum atomic E-state index is 0.0580. The van der Waals surface area contributed by atoms with E-state index in [1.807, 2.05) is 11.3 Å². The van der Waals surface area contributed by atoms with Gasteiger partial charge in [-0.1, -0.05) is 103 Å². The highest BCUT2D eigenvalue weighted by Gasteiger charge is 2.61. The molecule has 4 fully saturated rings. The van der Waals surface area contributed by atoms with Crippen LogP contribution in [0.1, 0.15) is 43.2 Å². The number of fused-ring (bicyclic) bond motifs is 7. The summed E-state index contributed by atoms with van der Waals surface area (Å²) in [5.74, 6) is 5.35. The first kappa shape index (κ1) is 28.5. The Kier molecular flexibility index (Phi) is 5.83. The van der Waals surface area contributed by atoms with E-state index in [9.17, 15) is 0 Å². The molecule has 5 aliphatic rings. The zero-order valence-electron chi connectivity index (χ0n) is 28.2. The third-order valence-corrected chi connectivity index (χ3v) is 14.2. The highest BCUT2D eigenvalue weighted by molar-refractivity contribution is 7.25. The molecule has 4 bridgehead atoms. The molecule has 0 unspecified atom stereocenters. The Morgan fingerprint density at radius 3 is 1.94 bits per heavy atom. The molecule has 4 heteroatoms. The lowest BCUT2D eigenvalue weighted by molar-refractivity contribution is -0.0398. The summed E-state index contributed by atoms with van der Waals surface area (Å²) >= 11 is 1.83. The van der Waals surface area contributed by atoms with Crippen molar-refractivity contribution in [2.24, 2.45) is 23.7 Å². The zero-order valence-corrected chi connectivity index (χ0v) is 29.0. The van der Waals surface area contributed by atoms with E-state index in [2.05, 4.69) is 127 Å². The molecule has 2 heterocycles. The molecule has 5 aliphatic carbocycles. The van der Waals surface area contributed by atoms with Crippen LogP contribution >= 0.6 is 11.3 Å². The highest BCUT2D eigenvalue weighted by Crippen LogP contribution is 2.70. The third kappa shape index (κ3) is 3.97. The maximum Gasteiger partial charge on any atom is 0.164 e. The van der Waals surface area contributed by atoms with Crippen LogP contribution in [0, 0.1) is 23.7 Å². The van der Waals surface area contributed by atoms with Gasteiger partial charge in [0.05, 0.1) is 0 Å². The van der Waals surface area contributed by atoms with Crippen molar-refractivity contribution in [1.82, 2.24) is 15.0 Å². The monoisotopic (exact) mass is 673 g/mol. The Hall–Kier alpha value is -5.19. The fourth-order valence-electron chi connectivity index (χ4n) is 11.3. The number of hydrogen-bond donors (Lipinski definition) is 0. The molecule has 8 aromatic rings. The Morgan fingerprint density at radius 1 is 0.471 bits per heavy atom. The van der Waals surface area contributed by atoms with E-state index in [4.69, 9.17) is 15.0 Å². The molecular formula is C47H35N3S. The van der Waals surface area contributed by atoms with Gasteiger partial charge in [0.1, 0.15) is 0 Å². The van der Waals surface area contributed by atoms with Crippen molar-refractivity contribution < 1.29 is 0 Å². The number of nitrogens with zero attached hydrogens (tertiary/aromatic N) is 3. The molecule has 3 nitrogen and oxygen atoms in total. The van der Waals surface area contributed by atoms with Crippen molar-refractivity contribution >= 4 is 42.3 Å². The second-order valence-corrected chi connectivity index (χ2v) is 16.7. The molecule has 0 amide bonds. The summed E-state index contributed by atoms with van der Waals surface area (Å²) in [4.78, 5) is 15.9. The lowest BCUT2D eigenvalue weighted by Crippen LogP contribution is -2.55. The van der Waals surface area contributed by atoms with Crippen LogP contribution in [0.4, 0.5) is 0 Å². The summed E-state index contributed by atoms with van der Waals surface area (Å²) < 4.78 is 2.55. The van der Waals surface area contributed by atoms with Crippen LogP contribution in [-0.2, 0) is 5.41 Å². The van der Waals surface area contributed by atoms with Gasteiger partial charge >= 0.3 is 0 Å². The SMILES string of the molecule is c1ccc(-c2nc(-c3ccc4c(c3)sc3ccccc34)nc(-c3cccc4c3-c3cc5ccccc5cc3C43C4CC5CC(C4)CC3C5)n2)cc1. The van der Waals surface area contributed by atoms with Gasteiger partial charge in [-0.15, -0.1) is 11.3 Å². The summed E-state index contributed by atoms with van der Waals surface area (Å²) in [6.07, 6.45) is 6.88. The lowest BCUT2D eigenvalue weighted by Gasteiger charge is -2.61. The minimum absolute atomic E-state index is 0.0580. The average Bonchev–Trinajstić information content (AvgIpc) is 3.69. The van der Waals surface area contributed by atoms with Crippen molar-refractivity contribution in [3.63, 3.8) is 0 Å². The topological polar surface area (TPSA) is 38.7 Å². The van der Waals surface area contributed by atoms with E-state index in [-0.39, 0.29) is 5.41 Å². The van der Waals surface area contributed by atoms with E-state index in [1.54, 1.807) is 5.56 Å². The zero-order chi connectivity index (χ0) is 33.3. The normalized spacial score (nSPS) is 24.2. The van der Waals surface area contributed by atoms with E-state index in [0.717, 1.165) is 40.2 Å². The summed E-state index contributed by atoms with van der Waals surface area (Å²) in [5.41, 5.74) is 9.03. The molecule has 0 radical (unpaired) electrons. The number of thiophene rings is 1. The molecule has 6 aromatic carbocycles. The van der Waals surface area contributed by atoms with Crippen LogP contribution in [0.5, 0.6) is 0 Å². The molecular weight excluding hydrogens is 639 g/mol. The van der Waals surface area contributed by atoms with Gasteiger partial charge in [-0.05, 0) is 113 Å². The van der Waals surface area contributed by atoms with Crippen LogP contribution in [-0.4, -0.2) is 15.0 Å². The minimum Gasteiger partial charge on any atom is -0.208 e. The Balaban J connectivity index is 1.11. The Labute approximate surface area is 301 Å². The van der Waals surface area contributed by atoms with Crippen LogP contribution in [0.15, 0.2) is 127 Å². The van der Waals surface area contributed by atoms with Crippen LogP contribution in [0.3, 0.4) is 0 Å². The summed E-state index contributed by atoms with van der Waals surface area (Å²) in [6.45, 7) is 0. The first-order valence-corrected chi connectivity index (χ1v) is 19.4. The molecule has 0 saturated heterocycles. The van der Waals surface area contributed by atoms with Crippen molar-refractivity contribution in [1.29, 1.82) is 0 Å². The van der Waals surface area contributed by atoms with Gasteiger partial charge in [-0.25, -0.2) is 15.0 Å². The van der Waals surface area contributed by atoms with Crippen molar-refractivity contribution in [2.45, 2.75) is 37.5 Å². The number of hydrogen-bond acceptors (Lipinski definition) is 4. The third-order valence-electron chi connectivity index (χ3n) is 13.1. The van der Waals surface area contributed by atoms with Crippen LogP contribution < -0.4 is 0 Å². The van der Waals surface area contributed by atoms with Crippen molar-refractivity contribution in [2.75, 3.05) is 0 Å². The molecule has 51 heavy (non-hydrogen) atoms. The van der Waals surface area contributed by atoms with Gasteiger partial charge in [0, 0.05) is 42.3 Å². The van der Waals surface area contributed by atoms with E-state index < -0.39 is 0 Å².